The molecule has 0 atom stereocenters. The molecule has 0 aliphatic heterocycles. The highest BCUT2D eigenvalue weighted by molar-refractivity contribution is 4.99. The van der Waals surface area contributed by atoms with Gasteiger partial charge >= 0.3 is 0 Å². The number of hydrogen-bond donors (Lipinski definition) is 2. The van der Waals surface area contributed by atoms with Crippen LogP contribution in [0.4, 0.5) is 0 Å². The third-order valence-corrected chi connectivity index (χ3v) is 2.26. The third-order valence-electron chi connectivity index (χ3n) is 2.26. The minimum absolute atomic E-state index is 0.0570. The molecular weight excluding hydrogens is 178 g/mol. The molecule has 0 unspecified atom stereocenters. The molecule has 0 saturated heterocycles. The predicted molar refractivity (Wildman–Crippen MR) is 55.8 cm³/mol. The second-order valence-electron chi connectivity index (χ2n) is 4.37. The minimum Gasteiger partial charge on any atom is -0.396 e. The monoisotopic (exact) mass is 197 g/mol. The lowest BCUT2D eigenvalue weighted by Crippen LogP contribution is -2.32. The van der Waals surface area contributed by atoms with Crippen LogP contribution in [0.25, 0.3) is 0 Å². The highest BCUT2D eigenvalue weighted by Gasteiger charge is 2.15. The first-order chi connectivity index (χ1) is 6.55. The molecule has 0 amide bonds. The number of aromatic nitrogens is 2. The second kappa shape index (κ2) is 4.57. The van der Waals surface area contributed by atoms with Crippen molar-refractivity contribution in [2.75, 3.05) is 13.2 Å². The maximum Gasteiger partial charge on any atom is 0.0518 e. The van der Waals surface area contributed by atoms with E-state index in [0.29, 0.717) is 0 Å². The molecule has 0 radical (unpaired) electrons. The van der Waals surface area contributed by atoms with Gasteiger partial charge in [-0.3, -0.25) is 4.68 Å². The minimum atomic E-state index is -0.0570. The molecule has 1 aromatic rings. The average Bonchev–Trinajstić information content (AvgIpc) is 2.52. The Morgan fingerprint density at radius 2 is 2.29 bits per heavy atom. The third kappa shape index (κ3) is 3.12. The van der Waals surface area contributed by atoms with Gasteiger partial charge in [-0.15, -0.1) is 0 Å². The van der Waals surface area contributed by atoms with Gasteiger partial charge in [0.25, 0.3) is 0 Å². The van der Waals surface area contributed by atoms with Gasteiger partial charge in [0.1, 0.15) is 0 Å². The van der Waals surface area contributed by atoms with Gasteiger partial charge in [0.2, 0.25) is 0 Å². The summed E-state index contributed by atoms with van der Waals surface area (Å²) in [6, 6.07) is 1.99. The number of rotatable bonds is 5. The Balaban J connectivity index is 2.32. The van der Waals surface area contributed by atoms with Crippen LogP contribution < -0.4 is 5.32 Å². The van der Waals surface area contributed by atoms with E-state index >= 15 is 0 Å². The summed E-state index contributed by atoms with van der Waals surface area (Å²) in [6.07, 6.45) is 1.79. The zero-order valence-corrected chi connectivity index (χ0v) is 9.12. The van der Waals surface area contributed by atoms with E-state index in [2.05, 4.69) is 10.4 Å². The van der Waals surface area contributed by atoms with Crippen molar-refractivity contribution in [1.29, 1.82) is 0 Å². The van der Waals surface area contributed by atoms with E-state index in [0.717, 1.165) is 18.8 Å². The van der Waals surface area contributed by atoms with Gasteiger partial charge in [0.05, 0.1) is 5.69 Å². The second-order valence-corrected chi connectivity index (χ2v) is 4.37. The SMILES string of the molecule is Cn1nccc1CNCC(C)(C)CO. The maximum absolute atomic E-state index is 9.05. The first-order valence-electron chi connectivity index (χ1n) is 4.84. The summed E-state index contributed by atoms with van der Waals surface area (Å²) >= 11 is 0. The standard InChI is InChI=1S/C10H19N3O/c1-10(2,8-14)7-11-6-9-4-5-12-13(9)3/h4-5,11,14H,6-8H2,1-3H3. The van der Waals surface area contributed by atoms with Crippen molar-refractivity contribution in [3.8, 4) is 0 Å². The van der Waals surface area contributed by atoms with Gasteiger partial charge < -0.3 is 10.4 Å². The zero-order valence-electron chi connectivity index (χ0n) is 9.12. The predicted octanol–water partition coefficient (Wildman–Crippen LogP) is 0.528. The summed E-state index contributed by atoms with van der Waals surface area (Å²) < 4.78 is 1.85. The zero-order chi connectivity index (χ0) is 10.6. The van der Waals surface area contributed by atoms with E-state index in [-0.39, 0.29) is 12.0 Å². The van der Waals surface area contributed by atoms with Crippen LogP contribution in [-0.4, -0.2) is 28.0 Å². The number of nitrogens with one attached hydrogen (secondary N) is 1. The molecule has 0 aromatic carbocycles. The fourth-order valence-corrected chi connectivity index (χ4v) is 1.16. The Hall–Kier alpha value is -0.870. The number of nitrogens with zero attached hydrogens (tertiary/aromatic N) is 2. The summed E-state index contributed by atoms with van der Waals surface area (Å²) in [5.74, 6) is 0. The molecule has 0 spiro atoms. The quantitative estimate of drug-likeness (QED) is 0.724. The van der Waals surface area contributed by atoms with Gasteiger partial charge in [-0.2, -0.15) is 5.10 Å². The average molecular weight is 197 g/mol. The van der Waals surface area contributed by atoms with Crippen LogP contribution in [0.15, 0.2) is 12.3 Å². The molecule has 1 rings (SSSR count). The number of aliphatic hydroxyl groups excluding tert-OH is 1. The van der Waals surface area contributed by atoms with Gasteiger partial charge in [-0.05, 0) is 6.07 Å². The summed E-state index contributed by atoms with van der Waals surface area (Å²) in [5.41, 5.74) is 1.09. The van der Waals surface area contributed by atoms with Crippen LogP contribution in [0.3, 0.4) is 0 Å². The van der Waals surface area contributed by atoms with E-state index < -0.39 is 0 Å². The topological polar surface area (TPSA) is 50.1 Å². The molecule has 1 aromatic heterocycles. The molecule has 0 bridgehead atoms. The van der Waals surface area contributed by atoms with Crippen molar-refractivity contribution < 1.29 is 5.11 Å². The first-order valence-corrected chi connectivity index (χ1v) is 4.84. The van der Waals surface area contributed by atoms with Gasteiger partial charge in [0, 0.05) is 38.4 Å². The van der Waals surface area contributed by atoms with Crippen LogP contribution in [0.2, 0.25) is 0 Å². The van der Waals surface area contributed by atoms with E-state index in [1.54, 1.807) is 6.20 Å². The molecule has 0 aliphatic rings. The molecule has 1 heterocycles. The van der Waals surface area contributed by atoms with Gasteiger partial charge in [-0.1, -0.05) is 13.8 Å². The lowest BCUT2D eigenvalue weighted by Gasteiger charge is -2.21. The van der Waals surface area contributed by atoms with Crippen molar-refractivity contribution >= 4 is 0 Å². The Bertz CT molecular complexity index is 281. The lowest BCUT2D eigenvalue weighted by atomic mass is 9.95. The number of hydrogen-bond acceptors (Lipinski definition) is 3. The first kappa shape index (κ1) is 11.2. The Morgan fingerprint density at radius 3 is 2.79 bits per heavy atom. The maximum atomic E-state index is 9.05. The molecule has 0 aliphatic carbocycles. The van der Waals surface area contributed by atoms with Crippen molar-refractivity contribution in [3.05, 3.63) is 18.0 Å². The van der Waals surface area contributed by atoms with Gasteiger partial charge in [0.15, 0.2) is 0 Å². The summed E-state index contributed by atoms with van der Waals surface area (Å²) in [4.78, 5) is 0. The largest absolute Gasteiger partial charge is 0.396 e. The lowest BCUT2D eigenvalue weighted by molar-refractivity contribution is 0.156. The molecule has 4 heteroatoms. The van der Waals surface area contributed by atoms with E-state index in [1.165, 1.54) is 0 Å². The van der Waals surface area contributed by atoms with E-state index in [1.807, 2.05) is 31.6 Å². The molecule has 14 heavy (non-hydrogen) atoms. The van der Waals surface area contributed by atoms with Crippen LogP contribution in [0, 0.1) is 5.41 Å². The molecule has 80 valence electrons. The van der Waals surface area contributed by atoms with Crippen molar-refractivity contribution in [1.82, 2.24) is 15.1 Å². The summed E-state index contributed by atoms with van der Waals surface area (Å²) in [7, 11) is 1.92. The van der Waals surface area contributed by atoms with Gasteiger partial charge in [-0.25, -0.2) is 0 Å². The van der Waals surface area contributed by atoms with Crippen molar-refractivity contribution in [2.45, 2.75) is 20.4 Å². The van der Waals surface area contributed by atoms with Crippen LogP contribution in [0.1, 0.15) is 19.5 Å². The van der Waals surface area contributed by atoms with E-state index in [9.17, 15) is 0 Å². The van der Waals surface area contributed by atoms with Crippen LogP contribution in [-0.2, 0) is 13.6 Å². The Morgan fingerprint density at radius 1 is 1.57 bits per heavy atom. The highest BCUT2D eigenvalue weighted by Crippen LogP contribution is 2.11. The fraction of sp³-hybridized carbons (Fsp3) is 0.700. The number of aliphatic hydroxyl groups is 1. The Kier molecular flexibility index (Phi) is 3.66. The normalized spacial score (nSPS) is 12.0. The smallest absolute Gasteiger partial charge is 0.0518 e. The fourth-order valence-electron chi connectivity index (χ4n) is 1.16. The van der Waals surface area contributed by atoms with Crippen molar-refractivity contribution in [2.24, 2.45) is 12.5 Å². The van der Waals surface area contributed by atoms with Crippen LogP contribution in [0.5, 0.6) is 0 Å². The van der Waals surface area contributed by atoms with Crippen LogP contribution >= 0.6 is 0 Å². The molecular formula is C10H19N3O. The number of aryl methyl sites for hydroxylation is 1. The van der Waals surface area contributed by atoms with E-state index in [4.69, 9.17) is 5.11 Å². The highest BCUT2D eigenvalue weighted by atomic mass is 16.3. The molecule has 0 fully saturated rings. The van der Waals surface area contributed by atoms with Crippen molar-refractivity contribution in [3.63, 3.8) is 0 Å². The summed E-state index contributed by atoms with van der Waals surface area (Å²) in [6.45, 7) is 5.85. The Labute approximate surface area is 84.9 Å². The summed E-state index contributed by atoms with van der Waals surface area (Å²) in [5, 5.41) is 16.4. The molecule has 0 saturated carbocycles. The molecule has 2 N–H and O–H groups in total. The molecule has 4 nitrogen and oxygen atoms in total.